The van der Waals surface area contributed by atoms with Crippen LogP contribution in [0.3, 0.4) is 0 Å². The highest BCUT2D eigenvalue weighted by molar-refractivity contribution is 6.35. The van der Waals surface area contributed by atoms with Crippen molar-refractivity contribution in [1.29, 1.82) is 0 Å². The van der Waals surface area contributed by atoms with E-state index in [9.17, 15) is 4.79 Å². The van der Waals surface area contributed by atoms with Gasteiger partial charge < -0.3 is 25.7 Å². The van der Waals surface area contributed by atoms with Crippen LogP contribution in [0.25, 0.3) is 10.9 Å². The minimum atomic E-state index is -0.482. The van der Waals surface area contributed by atoms with E-state index in [0.717, 1.165) is 12.1 Å². The molecule has 0 radical (unpaired) electrons. The first-order valence-corrected chi connectivity index (χ1v) is 9.47. The summed E-state index contributed by atoms with van der Waals surface area (Å²) in [4.78, 5) is 21.1. The average Bonchev–Trinajstić information content (AvgIpc) is 3.12. The van der Waals surface area contributed by atoms with Gasteiger partial charge in [0, 0.05) is 25.0 Å². The summed E-state index contributed by atoms with van der Waals surface area (Å²) in [7, 11) is 5.67. The summed E-state index contributed by atoms with van der Waals surface area (Å²) in [6, 6.07) is 13.5. The normalized spacial score (nSPS) is 11.1. The molecule has 31 heavy (non-hydrogen) atoms. The van der Waals surface area contributed by atoms with Crippen molar-refractivity contribution in [1.82, 2.24) is 15.2 Å². The number of amides is 1. The summed E-state index contributed by atoms with van der Waals surface area (Å²) in [5.74, 6) is 0.170. The van der Waals surface area contributed by atoms with Crippen LogP contribution in [0.1, 0.15) is 21.6 Å². The number of halogens is 3. The molecule has 168 valence electrons. The first kappa shape index (κ1) is 26.6. The van der Waals surface area contributed by atoms with Crippen LogP contribution in [0.2, 0.25) is 5.02 Å². The van der Waals surface area contributed by atoms with Crippen molar-refractivity contribution >= 4 is 59.2 Å². The molecule has 0 bridgehead atoms. The SMILES string of the molecule is CNC(N)=NC(=O)c1cc2c(Cl)cc(OCc3ccc(CN(C)C)cc3)cc2[nH]1.Cl.Cl. The molecule has 2 aromatic carbocycles. The molecule has 4 N–H and O–H groups in total. The lowest BCUT2D eigenvalue weighted by atomic mass is 10.1. The van der Waals surface area contributed by atoms with E-state index in [2.05, 4.69) is 44.5 Å². The molecule has 7 nitrogen and oxygen atoms in total. The van der Waals surface area contributed by atoms with Crippen molar-refractivity contribution in [2.75, 3.05) is 21.1 Å². The highest BCUT2D eigenvalue weighted by Crippen LogP contribution is 2.30. The lowest BCUT2D eigenvalue weighted by molar-refractivity contribution is 0.0998. The summed E-state index contributed by atoms with van der Waals surface area (Å²) in [6.07, 6.45) is 0. The number of ether oxygens (including phenoxy) is 1. The molecule has 1 aromatic heterocycles. The molecule has 0 spiro atoms. The molecule has 1 heterocycles. The Bertz CT molecular complexity index is 1050. The summed E-state index contributed by atoms with van der Waals surface area (Å²) in [5, 5.41) is 3.81. The second-order valence-corrected chi connectivity index (χ2v) is 7.35. The summed E-state index contributed by atoms with van der Waals surface area (Å²) < 4.78 is 5.90. The Morgan fingerprint density at radius 2 is 1.81 bits per heavy atom. The number of guanidine groups is 1. The molecule has 0 aliphatic rings. The highest BCUT2D eigenvalue weighted by atomic mass is 35.5. The fourth-order valence-electron chi connectivity index (χ4n) is 2.87. The monoisotopic (exact) mass is 485 g/mol. The van der Waals surface area contributed by atoms with Crippen LogP contribution in [-0.4, -0.2) is 42.9 Å². The summed E-state index contributed by atoms with van der Waals surface area (Å²) in [6.45, 7) is 1.31. The van der Waals surface area contributed by atoms with Gasteiger partial charge in [-0.25, -0.2) is 0 Å². The van der Waals surface area contributed by atoms with Gasteiger partial charge in [-0.15, -0.1) is 24.8 Å². The molecule has 0 aliphatic heterocycles. The molecule has 0 saturated carbocycles. The molecule has 0 unspecified atom stereocenters. The van der Waals surface area contributed by atoms with E-state index in [4.69, 9.17) is 22.1 Å². The van der Waals surface area contributed by atoms with E-state index in [-0.39, 0.29) is 30.8 Å². The Kier molecular flexibility index (Phi) is 10.1. The number of fused-ring (bicyclic) bond motifs is 1. The summed E-state index contributed by atoms with van der Waals surface area (Å²) >= 11 is 6.38. The number of nitrogens with zero attached hydrogens (tertiary/aromatic N) is 2. The molecule has 0 saturated heterocycles. The molecular formula is C21H26Cl3N5O2. The fourth-order valence-corrected chi connectivity index (χ4v) is 3.13. The maximum Gasteiger partial charge on any atom is 0.296 e. The van der Waals surface area contributed by atoms with Gasteiger partial charge >= 0.3 is 0 Å². The Morgan fingerprint density at radius 1 is 1.16 bits per heavy atom. The van der Waals surface area contributed by atoms with Crippen molar-refractivity contribution in [3.63, 3.8) is 0 Å². The predicted molar refractivity (Wildman–Crippen MR) is 131 cm³/mol. The van der Waals surface area contributed by atoms with Crippen molar-refractivity contribution in [2.24, 2.45) is 10.7 Å². The minimum absolute atomic E-state index is 0. The van der Waals surface area contributed by atoms with Gasteiger partial charge in [-0.05, 0) is 37.4 Å². The largest absolute Gasteiger partial charge is 0.489 e. The van der Waals surface area contributed by atoms with Gasteiger partial charge in [0.2, 0.25) is 0 Å². The number of carbonyl (C=O) groups excluding carboxylic acids is 1. The lowest BCUT2D eigenvalue weighted by Crippen LogP contribution is -2.28. The maximum absolute atomic E-state index is 12.2. The number of aromatic amines is 1. The van der Waals surface area contributed by atoms with Crippen LogP contribution in [0, 0.1) is 0 Å². The zero-order valence-electron chi connectivity index (χ0n) is 17.4. The van der Waals surface area contributed by atoms with Crippen LogP contribution >= 0.6 is 36.4 Å². The number of H-pyrrole nitrogens is 1. The Balaban J connectivity index is 0.00000240. The van der Waals surface area contributed by atoms with E-state index >= 15 is 0 Å². The number of nitrogens with two attached hydrogens (primary N) is 1. The first-order chi connectivity index (χ1) is 13.9. The van der Waals surface area contributed by atoms with Gasteiger partial charge in [0.25, 0.3) is 5.91 Å². The molecule has 0 aliphatic carbocycles. The van der Waals surface area contributed by atoms with Crippen LogP contribution < -0.4 is 15.8 Å². The topological polar surface area (TPSA) is 95.7 Å². The Hall–Kier alpha value is -2.45. The van der Waals surface area contributed by atoms with Crippen molar-refractivity contribution in [2.45, 2.75) is 13.2 Å². The number of hydrogen-bond acceptors (Lipinski definition) is 3. The summed E-state index contributed by atoms with van der Waals surface area (Å²) in [5.41, 5.74) is 8.84. The van der Waals surface area contributed by atoms with Crippen molar-refractivity contribution in [3.05, 3.63) is 64.3 Å². The van der Waals surface area contributed by atoms with Crippen LogP contribution in [0.5, 0.6) is 5.75 Å². The third kappa shape index (κ3) is 7.04. The van der Waals surface area contributed by atoms with Crippen molar-refractivity contribution < 1.29 is 9.53 Å². The molecule has 0 atom stereocenters. The second-order valence-electron chi connectivity index (χ2n) is 6.94. The van der Waals surface area contributed by atoms with Crippen molar-refractivity contribution in [3.8, 4) is 5.75 Å². The number of rotatable bonds is 6. The number of benzene rings is 2. The molecule has 0 fully saturated rings. The van der Waals surface area contributed by atoms with Gasteiger partial charge in [0.05, 0.1) is 10.5 Å². The van der Waals surface area contributed by atoms with E-state index in [1.165, 1.54) is 5.56 Å². The van der Waals surface area contributed by atoms with E-state index < -0.39 is 5.91 Å². The first-order valence-electron chi connectivity index (χ1n) is 9.09. The average molecular weight is 487 g/mol. The van der Waals surface area contributed by atoms with Crippen LogP contribution in [0.4, 0.5) is 0 Å². The minimum Gasteiger partial charge on any atom is -0.489 e. The molecule has 3 aromatic rings. The molecule has 3 rings (SSSR count). The number of carbonyl (C=O) groups is 1. The van der Waals surface area contributed by atoms with Gasteiger partial charge in [0.15, 0.2) is 5.96 Å². The smallest absolute Gasteiger partial charge is 0.296 e. The van der Waals surface area contributed by atoms with E-state index in [0.29, 0.717) is 34.0 Å². The molecule has 10 heteroatoms. The predicted octanol–water partition coefficient (Wildman–Crippen LogP) is 3.98. The fraction of sp³-hybridized carbons (Fsp3) is 0.238. The maximum atomic E-state index is 12.2. The highest BCUT2D eigenvalue weighted by Gasteiger charge is 2.13. The van der Waals surface area contributed by atoms with Crippen LogP contribution in [-0.2, 0) is 13.2 Å². The van der Waals surface area contributed by atoms with Gasteiger partial charge in [-0.3, -0.25) is 4.79 Å². The Labute approximate surface area is 198 Å². The lowest BCUT2D eigenvalue weighted by Gasteiger charge is -2.11. The zero-order valence-corrected chi connectivity index (χ0v) is 19.8. The molecular weight excluding hydrogens is 461 g/mol. The number of aromatic nitrogens is 1. The van der Waals surface area contributed by atoms with E-state index in [1.54, 1.807) is 19.2 Å². The zero-order chi connectivity index (χ0) is 21.0. The van der Waals surface area contributed by atoms with Crippen LogP contribution in [0.15, 0.2) is 47.5 Å². The molecule has 1 amide bonds. The van der Waals surface area contributed by atoms with E-state index in [1.807, 2.05) is 20.2 Å². The number of hydrogen-bond donors (Lipinski definition) is 3. The Morgan fingerprint density at radius 3 is 2.42 bits per heavy atom. The quantitative estimate of drug-likeness (QED) is 0.362. The van der Waals surface area contributed by atoms with Gasteiger partial charge in [-0.1, -0.05) is 35.9 Å². The number of aliphatic imine (C=N–C) groups is 1. The third-order valence-corrected chi connectivity index (χ3v) is 4.61. The third-order valence-electron chi connectivity index (χ3n) is 4.30. The van der Waals surface area contributed by atoms with Gasteiger partial charge in [0.1, 0.15) is 18.1 Å². The standard InChI is InChI=1S/C21H24ClN5O2.2ClH/c1-24-21(23)26-20(28)19-10-16-17(22)8-15(9-18(16)25-19)29-12-14-6-4-13(5-7-14)11-27(2)3;;/h4-10,25H,11-12H2,1-3H3,(H3,23,24,26,28);2*1H. The van der Waals surface area contributed by atoms with Gasteiger partial charge in [-0.2, -0.15) is 4.99 Å². The second kappa shape index (κ2) is 11.8. The number of nitrogens with one attached hydrogen (secondary N) is 2.